The summed E-state index contributed by atoms with van der Waals surface area (Å²) < 4.78 is 15.1. The number of pyridine rings is 1. The lowest BCUT2D eigenvalue weighted by Gasteiger charge is -2.41. The number of ether oxygens (including phenoxy) is 1. The summed E-state index contributed by atoms with van der Waals surface area (Å²) in [6.07, 6.45) is 6.11. The molecular weight excluding hydrogens is 458 g/mol. The summed E-state index contributed by atoms with van der Waals surface area (Å²) in [5.74, 6) is -0.0581. The van der Waals surface area contributed by atoms with Crippen molar-refractivity contribution >= 4 is 21.9 Å². The fraction of sp³-hybridized carbons (Fsp3) is 0.424. The number of allylic oxidation sites excluding steroid dienone is 1. The minimum Gasteiger partial charge on any atom is -0.449 e. The number of nitrogens with zero attached hydrogens (tertiary/aromatic N) is 1. The summed E-state index contributed by atoms with van der Waals surface area (Å²) in [5.41, 5.74) is 9.51. The Labute approximate surface area is 219 Å². The van der Waals surface area contributed by atoms with Crippen LogP contribution in [0.25, 0.3) is 33.2 Å². The van der Waals surface area contributed by atoms with Crippen molar-refractivity contribution in [2.45, 2.75) is 76.4 Å². The van der Waals surface area contributed by atoms with Crippen LogP contribution in [0.5, 0.6) is 0 Å². The van der Waals surface area contributed by atoms with E-state index in [2.05, 4.69) is 88.4 Å². The number of furan rings is 1. The van der Waals surface area contributed by atoms with Crippen LogP contribution >= 0.6 is 0 Å². The van der Waals surface area contributed by atoms with Gasteiger partial charge in [-0.2, -0.15) is 4.57 Å². The van der Waals surface area contributed by atoms with Gasteiger partial charge in [-0.3, -0.25) is 0 Å². The van der Waals surface area contributed by atoms with Crippen molar-refractivity contribution in [2.75, 3.05) is 13.7 Å². The van der Waals surface area contributed by atoms with Gasteiger partial charge in [0.25, 0.3) is 5.69 Å². The Balaban J connectivity index is 1.73. The summed E-state index contributed by atoms with van der Waals surface area (Å²) in [5, 5.41) is 12.6. The van der Waals surface area contributed by atoms with Crippen LogP contribution in [0.1, 0.15) is 74.8 Å². The Morgan fingerprint density at radius 3 is 2.57 bits per heavy atom. The molecule has 3 unspecified atom stereocenters. The summed E-state index contributed by atoms with van der Waals surface area (Å²) in [4.78, 5) is 0. The predicted octanol–water partition coefficient (Wildman–Crippen LogP) is 7.03. The van der Waals surface area contributed by atoms with Crippen molar-refractivity contribution in [3.8, 4) is 11.3 Å². The highest BCUT2D eigenvalue weighted by Crippen LogP contribution is 2.52. The number of aliphatic hydroxyl groups is 1. The number of hydrogen-bond donors (Lipinski definition) is 1. The number of benzene rings is 2. The zero-order valence-corrected chi connectivity index (χ0v) is 22.9. The number of aryl methyl sites for hydroxylation is 1. The second-order valence-electron chi connectivity index (χ2n) is 12.3. The first-order valence-corrected chi connectivity index (χ1v) is 13.4. The molecule has 0 amide bonds. The molecule has 0 radical (unpaired) electrons. The minimum atomic E-state index is -0.339. The molecule has 4 aromatic rings. The molecule has 0 spiro atoms. The topological polar surface area (TPSA) is 46.5 Å². The van der Waals surface area contributed by atoms with Gasteiger partial charge >= 0.3 is 0 Å². The quantitative estimate of drug-likeness (QED) is 0.244. The zero-order valence-electron chi connectivity index (χ0n) is 22.9. The number of aromatic nitrogens is 1. The molecule has 6 rings (SSSR count). The van der Waals surface area contributed by atoms with E-state index in [1.165, 1.54) is 28.5 Å². The third kappa shape index (κ3) is 3.31. The van der Waals surface area contributed by atoms with Crippen molar-refractivity contribution in [3.63, 3.8) is 0 Å². The van der Waals surface area contributed by atoms with Gasteiger partial charge in [-0.25, -0.2) is 0 Å². The van der Waals surface area contributed by atoms with Crippen LogP contribution in [0, 0.1) is 6.92 Å². The Hall–Kier alpha value is -2.95. The molecule has 2 aliphatic rings. The summed E-state index contributed by atoms with van der Waals surface area (Å²) in [6, 6.07) is 13.0. The Morgan fingerprint density at radius 1 is 1.14 bits per heavy atom. The van der Waals surface area contributed by atoms with Gasteiger partial charge in [0.15, 0.2) is 12.2 Å². The molecule has 4 nitrogen and oxygen atoms in total. The standard InChI is InChI=1S/C33H38NO3/c1-8-24-27(25(18-35)36-7)20-11-9-10-12-21(20)29-30-22(13-16-34(24)29)26-19(2)17-23-28(31(26)37-30)33(5,6)15-14-32(23,3)4/h8-13,16-17,24-25,27,35H,1,14-15,18H2,2-7H3/q+1. The summed E-state index contributed by atoms with van der Waals surface area (Å²) in [6.45, 7) is 15.8. The molecule has 37 heavy (non-hydrogen) atoms. The van der Waals surface area contributed by atoms with Crippen molar-refractivity contribution in [1.29, 1.82) is 0 Å². The Morgan fingerprint density at radius 2 is 1.86 bits per heavy atom. The number of hydrogen-bond acceptors (Lipinski definition) is 3. The molecule has 2 aromatic carbocycles. The summed E-state index contributed by atoms with van der Waals surface area (Å²) in [7, 11) is 1.67. The van der Waals surface area contributed by atoms with E-state index in [1.807, 2.05) is 6.08 Å². The van der Waals surface area contributed by atoms with Gasteiger partial charge in [0.05, 0.1) is 24.2 Å². The number of fused-ring (bicyclic) bond motifs is 9. The molecule has 4 heteroatoms. The maximum absolute atomic E-state index is 10.2. The first kappa shape index (κ1) is 24.4. The molecule has 0 bridgehead atoms. The van der Waals surface area contributed by atoms with E-state index in [4.69, 9.17) is 9.15 Å². The normalized spacial score (nSPS) is 22.4. The molecular formula is C33H38NO3+. The minimum absolute atomic E-state index is 0.0390. The summed E-state index contributed by atoms with van der Waals surface area (Å²) >= 11 is 0. The predicted molar refractivity (Wildman–Crippen MR) is 149 cm³/mol. The van der Waals surface area contributed by atoms with Crippen LogP contribution in [0.2, 0.25) is 0 Å². The molecule has 1 aliphatic heterocycles. The van der Waals surface area contributed by atoms with E-state index in [1.54, 1.807) is 7.11 Å². The monoisotopic (exact) mass is 496 g/mol. The smallest absolute Gasteiger partial charge is 0.257 e. The highest BCUT2D eigenvalue weighted by molar-refractivity contribution is 6.11. The molecule has 2 aromatic heterocycles. The SMILES string of the molecule is C=CC1C(C(CO)OC)c2ccccc2-c2c3oc4c5c(cc(C)c4c3cc[n+]21)C(C)(C)CCC5(C)C. The fourth-order valence-corrected chi connectivity index (χ4v) is 7.15. The maximum Gasteiger partial charge on any atom is 0.257 e. The Kier molecular flexibility index (Phi) is 5.46. The maximum atomic E-state index is 10.2. The first-order valence-electron chi connectivity index (χ1n) is 13.4. The van der Waals surface area contributed by atoms with Crippen LogP contribution in [0.3, 0.4) is 0 Å². The van der Waals surface area contributed by atoms with Gasteiger partial charge < -0.3 is 14.3 Å². The van der Waals surface area contributed by atoms with E-state index >= 15 is 0 Å². The first-order chi connectivity index (χ1) is 17.6. The van der Waals surface area contributed by atoms with E-state index < -0.39 is 0 Å². The lowest BCUT2D eigenvalue weighted by molar-refractivity contribution is -0.707. The zero-order chi connectivity index (χ0) is 26.3. The van der Waals surface area contributed by atoms with Gasteiger partial charge in [0.1, 0.15) is 5.58 Å². The van der Waals surface area contributed by atoms with Crippen LogP contribution < -0.4 is 4.57 Å². The van der Waals surface area contributed by atoms with E-state index in [9.17, 15) is 5.11 Å². The lowest BCUT2D eigenvalue weighted by Crippen LogP contribution is -2.50. The lowest BCUT2D eigenvalue weighted by atomic mass is 9.62. The van der Waals surface area contributed by atoms with Gasteiger partial charge in [-0.15, -0.1) is 0 Å². The molecule has 1 N–H and O–H groups in total. The second kappa shape index (κ2) is 8.28. The molecule has 0 saturated heterocycles. The van der Waals surface area contributed by atoms with Gasteiger partial charge in [0.2, 0.25) is 5.58 Å². The van der Waals surface area contributed by atoms with Crippen molar-refractivity contribution in [1.82, 2.24) is 0 Å². The number of methoxy groups -OCH3 is 1. The molecule has 3 heterocycles. The average Bonchev–Trinajstić information content (AvgIpc) is 3.27. The molecule has 1 aliphatic carbocycles. The average molecular weight is 497 g/mol. The van der Waals surface area contributed by atoms with Crippen LogP contribution in [0.15, 0.2) is 59.7 Å². The van der Waals surface area contributed by atoms with Crippen LogP contribution in [-0.2, 0) is 15.6 Å². The van der Waals surface area contributed by atoms with Gasteiger partial charge in [-0.05, 0) is 59.4 Å². The van der Waals surface area contributed by atoms with Gasteiger partial charge in [0, 0.05) is 29.5 Å². The third-order valence-electron chi connectivity index (χ3n) is 9.24. The van der Waals surface area contributed by atoms with E-state index in [-0.39, 0.29) is 35.5 Å². The van der Waals surface area contributed by atoms with Gasteiger partial charge in [-0.1, -0.05) is 58.5 Å². The highest BCUT2D eigenvalue weighted by Gasteiger charge is 2.45. The van der Waals surface area contributed by atoms with Crippen molar-refractivity contribution < 1.29 is 18.8 Å². The fourth-order valence-electron chi connectivity index (χ4n) is 7.15. The van der Waals surface area contributed by atoms with Crippen molar-refractivity contribution in [3.05, 3.63) is 77.5 Å². The largest absolute Gasteiger partial charge is 0.449 e. The number of aliphatic hydroxyl groups excluding tert-OH is 1. The van der Waals surface area contributed by atoms with E-state index in [0.29, 0.717) is 0 Å². The van der Waals surface area contributed by atoms with Crippen molar-refractivity contribution in [2.24, 2.45) is 0 Å². The molecule has 0 saturated carbocycles. The molecule has 192 valence electrons. The van der Waals surface area contributed by atoms with Crippen LogP contribution in [0.4, 0.5) is 0 Å². The van der Waals surface area contributed by atoms with Crippen LogP contribution in [-0.4, -0.2) is 24.9 Å². The third-order valence-corrected chi connectivity index (χ3v) is 9.24. The molecule has 3 atom stereocenters. The molecule has 0 fully saturated rings. The highest BCUT2D eigenvalue weighted by atomic mass is 16.5. The number of rotatable bonds is 4. The second-order valence-corrected chi connectivity index (χ2v) is 12.3. The van der Waals surface area contributed by atoms with E-state index in [0.717, 1.165) is 39.8 Å². The Bertz CT molecular complexity index is 1550.